The van der Waals surface area contributed by atoms with Gasteiger partial charge in [-0.3, -0.25) is 4.79 Å². The Morgan fingerprint density at radius 1 is 1.53 bits per heavy atom. The van der Waals surface area contributed by atoms with Crippen LogP contribution in [-0.4, -0.2) is 40.6 Å². The van der Waals surface area contributed by atoms with E-state index in [1.54, 1.807) is 18.9 Å². The van der Waals surface area contributed by atoms with E-state index in [0.717, 1.165) is 6.42 Å². The molecule has 0 radical (unpaired) electrons. The minimum absolute atomic E-state index is 0.0947. The van der Waals surface area contributed by atoms with Crippen LogP contribution in [0.5, 0.6) is 0 Å². The van der Waals surface area contributed by atoms with Gasteiger partial charge >= 0.3 is 0 Å². The van der Waals surface area contributed by atoms with Crippen molar-refractivity contribution in [2.75, 3.05) is 13.6 Å². The van der Waals surface area contributed by atoms with Crippen molar-refractivity contribution in [3.63, 3.8) is 0 Å². The van der Waals surface area contributed by atoms with Gasteiger partial charge in [0.2, 0.25) is 5.89 Å². The van der Waals surface area contributed by atoms with Crippen LogP contribution < -0.4 is 5.73 Å². The molecule has 17 heavy (non-hydrogen) atoms. The summed E-state index contributed by atoms with van der Waals surface area (Å²) in [6, 6.07) is 0.0947. The van der Waals surface area contributed by atoms with Crippen molar-refractivity contribution in [2.24, 2.45) is 11.7 Å². The number of hydrogen-bond acceptors (Lipinski definition) is 5. The predicted octanol–water partition coefficient (Wildman–Crippen LogP) is 0.823. The lowest BCUT2D eigenvalue weighted by molar-refractivity contribution is 0.0774. The maximum Gasteiger partial charge on any atom is 0.295 e. The van der Waals surface area contributed by atoms with Gasteiger partial charge in [-0.25, -0.2) is 0 Å². The Hall–Kier alpha value is -1.43. The second-order valence-electron chi connectivity index (χ2n) is 4.56. The van der Waals surface area contributed by atoms with Crippen molar-refractivity contribution in [2.45, 2.75) is 33.2 Å². The Morgan fingerprint density at radius 3 is 2.65 bits per heavy atom. The Kier molecular flexibility index (Phi) is 4.62. The molecule has 0 aliphatic heterocycles. The fourth-order valence-corrected chi connectivity index (χ4v) is 1.33. The Balaban J connectivity index is 2.48. The molecule has 6 nitrogen and oxygen atoms in total. The Labute approximate surface area is 101 Å². The lowest BCUT2D eigenvalue weighted by Crippen LogP contribution is -2.35. The minimum atomic E-state index is -0.238. The summed E-state index contributed by atoms with van der Waals surface area (Å²) in [6.45, 7) is 6.37. The summed E-state index contributed by atoms with van der Waals surface area (Å²) in [5.41, 5.74) is 5.92. The highest BCUT2D eigenvalue weighted by atomic mass is 16.5. The van der Waals surface area contributed by atoms with Crippen LogP contribution in [0.2, 0.25) is 0 Å². The predicted molar refractivity (Wildman–Crippen MR) is 63.4 cm³/mol. The molecule has 1 heterocycles. The van der Waals surface area contributed by atoms with Gasteiger partial charge in [0.25, 0.3) is 11.7 Å². The van der Waals surface area contributed by atoms with Gasteiger partial charge in [0, 0.05) is 26.6 Å². The Morgan fingerprint density at radius 2 is 2.18 bits per heavy atom. The summed E-state index contributed by atoms with van der Waals surface area (Å²) in [4.78, 5) is 17.3. The van der Waals surface area contributed by atoms with E-state index >= 15 is 0 Å². The van der Waals surface area contributed by atoms with E-state index in [4.69, 9.17) is 10.3 Å². The lowest BCUT2D eigenvalue weighted by Gasteiger charge is -2.20. The molecule has 1 rings (SSSR count). The number of amides is 1. The molecular weight excluding hydrogens is 220 g/mol. The number of aryl methyl sites for hydroxylation is 1. The number of rotatable bonds is 5. The van der Waals surface area contributed by atoms with Crippen molar-refractivity contribution in [3.8, 4) is 0 Å². The number of hydrogen-bond donors (Lipinski definition) is 1. The van der Waals surface area contributed by atoms with Crippen molar-refractivity contribution in [3.05, 3.63) is 11.7 Å². The third-order valence-corrected chi connectivity index (χ3v) is 2.72. The van der Waals surface area contributed by atoms with Crippen LogP contribution in [0.4, 0.5) is 0 Å². The second kappa shape index (κ2) is 5.77. The van der Waals surface area contributed by atoms with Crippen LogP contribution in [0, 0.1) is 12.8 Å². The molecule has 6 heteroatoms. The van der Waals surface area contributed by atoms with E-state index in [1.807, 2.05) is 0 Å². The van der Waals surface area contributed by atoms with E-state index in [1.165, 1.54) is 0 Å². The molecule has 0 spiro atoms. The average Bonchev–Trinajstić information content (AvgIpc) is 2.70. The quantitative estimate of drug-likeness (QED) is 0.823. The maximum atomic E-state index is 11.8. The number of nitrogens with two attached hydrogens (primary N) is 1. The van der Waals surface area contributed by atoms with Crippen LogP contribution in [-0.2, 0) is 0 Å². The molecule has 2 N–H and O–H groups in total. The topological polar surface area (TPSA) is 85.2 Å². The van der Waals surface area contributed by atoms with Gasteiger partial charge in [0.1, 0.15) is 0 Å². The maximum absolute atomic E-state index is 11.8. The fourth-order valence-electron chi connectivity index (χ4n) is 1.33. The normalized spacial score (nSPS) is 12.8. The van der Waals surface area contributed by atoms with Crippen molar-refractivity contribution < 1.29 is 9.32 Å². The molecule has 0 aliphatic carbocycles. The first-order valence-corrected chi connectivity index (χ1v) is 5.73. The largest absolute Gasteiger partial charge is 0.339 e. The second-order valence-corrected chi connectivity index (χ2v) is 4.56. The number of nitrogens with zero attached hydrogens (tertiary/aromatic N) is 3. The van der Waals surface area contributed by atoms with Crippen molar-refractivity contribution in [1.82, 2.24) is 15.0 Å². The SMILES string of the molecule is Cc1nc(C(=O)N(C)CCC(N)C(C)C)no1. The molecule has 0 fully saturated rings. The van der Waals surface area contributed by atoms with Gasteiger partial charge in [-0.1, -0.05) is 19.0 Å². The summed E-state index contributed by atoms with van der Waals surface area (Å²) < 4.78 is 4.77. The zero-order valence-corrected chi connectivity index (χ0v) is 10.8. The van der Waals surface area contributed by atoms with E-state index in [-0.39, 0.29) is 17.8 Å². The highest BCUT2D eigenvalue weighted by molar-refractivity contribution is 5.90. The molecule has 0 aromatic carbocycles. The van der Waals surface area contributed by atoms with Gasteiger partial charge in [-0.05, 0) is 12.3 Å². The summed E-state index contributed by atoms with van der Waals surface area (Å²) in [6.07, 6.45) is 0.761. The van der Waals surface area contributed by atoms with E-state index in [9.17, 15) is 4.79 Å². The number of carbonyl (C=O) groups is 1. The molecule has 0 bridgehead atoms. The average molecular weight is 240 g/mol. The summed E-state index contributed by atoms with van der Waals surface area (Å²) in [5, 5.41) is 3.59. The van der Waals surface area contributed by atoms with E-state index in [0.29, 0.717) is 18.4 Å². The minimum Gasteiger partial charge on any atom is -0.339 e. The zero-order valence-electron chi connectivity index (χ0n) is 10.8. The molecule has 0 saturated heterocycles. The van der Waals surface area contributed by atoms with Crippen molar-refractivity contribution >= 4 is 5.91 Å². The molecule has 1 aromatic rings. The third-order valence-electron chi connectivity index (χ3n) is 2.72. The highest BCUT2D eigenvalue weighted by Gasteiger charge is 2.18. The number of aromatic nitrogens is 2. The van der Waals surface area contributed by atoms with Crippen LogP contribution in [0.15, 0.2) is 4.52 Å². The molecule has 1 aromatic heterocycles. The van der Waals surface area contributed by atoms with E-state index in [2.05, 4.69) is 24.0 Å². The molecule has 1 unspecified atom stereocenters. The summed E-state index contributed by atoms with van der Waals surface area (Å²) in [5.74, 6) is 0.660. The van der Waals surface area contributed by atoms with Gasteiger partial charge in [-0.2, -0.15) is 4.98 Å². The molecule has 1 atom stereocenters. The molecule has 96 valence electrons. The first kappa shape index (κ1) is 13.6. The molecule has 1 amide bonds. The van der Waals surface area contributed by atoms with Gasteiger partial charge in [0.15, 0.2) is 0 Å². The zero-order chi connectivity index (χ0) is 13.0. The first-order valence-electron chi connectivity index (χ1n) is 5.73. The van der Waals surface area contributed by atoms with E-state index < -0.39 is 0 Å². The molecule has 0 aliphatic rings. The Bertz CT molecular complexity index is 375. The fraction of sp³-hybridized carbons (Fsp3) is 0.727. The van der Waals surface area contributed by atoms with Crippen LogP contribution in [0.1, 0.15) is 36.8 Å². The van der Waals surface area contributed by atoms with Gasteiger partial charge < -0.3 is 15.2 Å². The third kappa shape index (κ3) is 3.81. The van der Waals surface area contributed by atoms with Crippen LogP contribution in [0.3, 0.4) is 0 Å². The van der Waals surface area contributed by atoms with Crippen LogP contribution >= 0.6 is 0 Å². The number of carbonyl (C=O) groups excluding carboxylic acids is 1. The monoisotopic (exact) mass is 240 g/mol. The summed E-state index contributed by atoms with van der Waals surface area (Å²) in [7, 11) is 1.71. The first-order chi connectivity index (χ1) is 7.91. The van der Waals surface area contributed by atoms with Crippen molar-refractivity contribution in [1.29, 1.82) is 0 Å². The van der Waals surface area contributed by atoms with Crippen LogP contribution in [0.25, 0.3) is 0 Å². The standard InChI is InChI=1S/C11H20N4O2/c1-7(2)9(12)5-6-15(4)11(16)10-13-8(3)17-14-10/h7,9H,5-6,12H2,1-4H3. The smallest absolute Gasteiger partial charge is 0.295 e. The molecule has 0 saturated carbocycles. The summed E-state index contributed by atoms with van der Waals surface area (Å²) >= 11 is 0. The van der Waals surface area contributed by atoms with Gasteiger partial charge in [-0.15, -0.1) is 0 Å². The molecular formula is C11H20N4O2. The lowest BCUT2D eigenvalue weighted by atomic mass is 10.0. The van der Waals surface area contributed by atoms with Gasteiger partial charge in [0.05, 0.1) is 0 Å². The highest BCUT2D eigenvalue weighted by Crippen LogP contribution is 2.05.